The number of hydrogen-bond donors (Lipinski definition) is 1. The normalized spacial score (nSPS) is 16.8. The molecule has 2 nitrogen and oxygen atoms in total. The van der Waals surface area contributed by atoms with Crippen molar-refractivity contribution in [2.45, 2.75) is 17.8 Å². The Morgan fingerprint density at radius 3 is 2.25 bits per heavy atom. The number of hydrogen-bond acceptors (Lipinski definition) is 2. The summed E-state index contributed by atoms with van der Waals surface area (Å²) in [4.78, 5) is 0.220. The molecular formula is C5H9BrN2. The molecule has 3 heteroatoms. The molecule has 0 spiro atoms. The van der Waals surface area contributed by atoms with E-state index in [-0.39, 0.29) is 10.9 Å². The molecule has 1 N–H and O–H groups in total. The topological polar surface area (TPSA) is 35.8 Å². The van der Waals surface area contributed by atoms with Crippen LogP contribution in [0.15, 0.2) is 0 Å². The quantitative estimate of drug-likeness (QED) is 0.635. The largest absolute Gasteiger partial charge is 0.304 e. The molecule has 0 aromatic heterocycles. The zero-order chi connectivity index (χ0) is 6.57. The Morgan fingerprint density at radius 2 is 2.25 bits per heavy atom. The van der Waals surface area contributed by atoms with Crippen LogP contribution in [-0.4, -0.2) is 17.9 Å². The van der Waals surface area contributed by atoms with Gasteiger partial charge in [0.2, 0.25) is 0 Å². The maximum absolute atomic E-state index is 8.35. The van der Waals surface area contributed by atoms with Crippen molar-refractivity contribution in [2.24, 2.45) is 0 Å². The lowest BCUT2D eigenvalue weighted by Gasteiger charge is -2.07. The van der Waals surface area contributed by atoms with E-state index in [1.807, 2.05) is 6.92 Å². The zero-order valence-electron chi connectivity index (χ0n) is 4.98. The number of nitrogens with one attached hydrogen (secondary N) is 1. The first-order valence-electron chi connectivity index (χ1n) is 2.43. The van der Waals surface area contributed by atoms with Crippen LogP contribution in [0.5, 0.6) is 0 Å². The summed E-state index contributed by atoms with van der Waals surface area (Å²) in [5.41, 5.74) is 0. The maximum Gasteiger partial charge on any atom is 0.107 e. The molecular weight excluding hydrogens is 168 g/mol. The molecule has 0 saturated heterocycles. The van der Waals surface area contributed by atoms with Crippen LogP contribution in [0.1, 0.15) is 6.92 Å². The Hall–Kier alpha value is -0.0700. The smallest absolute Gasteiger partial charge is 0.107 e. The molecule has 46 valence electrons. The van der Waals surface area contributed by atoms with Gasteiger partial charge >= 0.3 is 0 Å². The molecule has 0 aromatic carbocycles. The van der Waals surface area contributed by atoms with Gasteiger partial charge in [0.15, 0.2) is 0 Å². The molecule has 0 bridgehead atoms. The predicted octanol–water partition coefficient (Wildman–Crippen LogP) is 0.881. The lowest BCUT2D eigenvalue weighted by atomic mass is 10.3. The van der Waals surface area contributed by atoms with Crippen molar-refractivity contribution in [3.8, 4) is 6.07 Å². The van der Waals surface area contributed by atoms with Crippen LogP contribution in [0.25, 0.3) is 0 Å². The summed E-state index contributed by atoms with van der Waals surface area (Å²) in [5, 5.41) is 11.2. The van der Waals surface area contributed by atoms with Crippen molar-refractivity contribution in [1.82, 2.24) is 5.32 Å². The van der Waals surface area contributed by atoms with E-state index < -0.39 is 0 Å². The van der Waals surface area contributed by atoms with Gasteiger partial charge in [-0.3, -0.25) is 0 Å². The van der Waals surface area contributed by atoms with Crippen LogP contribution in [0.2, 0.25) is 0 Å². The minimum atomic E-state index is -0.0741. The number of alkyl halides is 1. The monoisotopic (exact) mass is 176 g/mol. The first kappa shape index (κ1) is 7.93. The predicted molar refractivity (Wildman–Crippen MR) is 36.8 cm³/mol. The molecule has 0 aliphatic carbocycles. The van der Waals surface area contributed by atoms with Crippen molar-refractivity contribution in [3.63, 3.8) is 0 Å². The molecule has 0 radical (unpaired) electrons. The lowest BCUT2D eigenvalue weighted by molar-refractivity contribution is 0.678. The molecule has 1 unspecified atom stereocenters. The van der Waals surface area contributed by atoms with Crippen LogP contribution in [0, 0.1) is 11.3 Å². The second kappa shape index (κ2) is 3.88. The standard InChI is InChI=1S/C5H9BrN2/c1-4(6)5(3-7)8-2/h4-5,8H,1-2H3/t4-,5?/m1/s1. The molecule has 0 rings (SSSR count). The lowest BCUT2D eigenvalue weighted by Crippen LogP contribution is -2.30. The fraction of sp³-hybridized carbons (Fsp3) is 0.800. The van der Waals surface area contributed by atoms with Gasteiger partial charge in [0.05, 0.1) is 6.07 Å². The average Bonchev–Trinajstić information content (AvgIpc) is 1.69. The van der Waals surface area contributed by atoms with Crippen LogP contribution in [0.4, 0.5) is 0 Å². The van der Waals surface area contributed by atoms with Gasteiger partial charge < -0.3 is 5.32 Å². The second-order valence-corrected chi connectivity index (χ2v) is 3.02. The van der Waals surface area contributed by atoms with Crippen molar-refractivity contribution in [2.75, 3.05) is 7.05 Å². The van der Waals surface area contributed by atoms with Crippen molar-refractivity contribution in [3.05, 3.63) is 0 Å². The fourth-order valence-electron chi connectivity index (χ4n) is 0.397. The third-order valence-corrected chi connectivity index (χ3v) is 1.44. The van der Waals surface area contributed by atoms with Gasteiger partial charge in [-0.05, 0) is 7.05 Å². The fourth-order valence-corrected chi connectivity index (χ4v) is 0.779. The van der Waals surface area contributed by atoms with Gasteiger partial charge in [-0.25, -0.2) is 0 Å². The highest BCUT2D eigenvalue weighted by Gasteiger charge is 2.08. The van der Waals surface area contributed by atoms with Crippen molar-refractivity contribution in [1.29, 1.82) is 5.26 Å². The third kappa shape index (κ3) is 2.29. The maximum atomic E-state index is 8.35. The van der Waals surface area contributed by atoms with E-state index in [4.69, 9.17) is 5.26 Å². The number of halogens is 1. The van der Waals surface area contributed by atoms with Gasteiger partial charge in [0.25, 0.3) is 0 Å². The molecule has 0 saturated carbocycles. The first-order valence-corrected chi connectivity index (χ1v) is 3.35. The van der Waals surface area contributed by atoms with Crippen molar-refractivity contribution < 1.29 is 0 Å². The molecule has 0 aromatic rings. The van der Waals surface area contributed by atoms with E-state index in [2.05, 4.69) is 27.3 Å². The average molecular weight is 177 g/mol. The highest BCUT2D eigenvalue weighted by Crippen LogP contribution is 2.01. The summed E-state index contributed by atoms with van der Waals surface area (Å²) in [6.45, 7) is 1.93. The third-order valence-electron chi connectivity index (χ3n) is 0.909. The Balaban J connectivity index is 3.57. The summed E-state index contributed by atoms with van der Waals surface area (Å²) >= 11 is 3.28. The highest BCUT2D eigenvalue weighted by molar-refractivity contribution is 9.09. The van der Waals surface area contributed by atoms with Gasteiger partial charge in [0, 0.05) is 4.83 Å². The summed E-state index contributed by atoms with van der Waals surface area (Å²) in [6, 6.07) is 2.02. The summed E-state index contributed by atoms with van der Waals surface area (Å²) in [5.74, 6) is 0. The van der Waals surface area contributed by atoms with E-state index >= 15 is 0 Å². The van der Waals surface area contributed by atoms with Gasteiger partial charge in [-0.2, -0.15) is 5.26 Å². The summed E-state index contributed by atoms with van der Waals surface area (Å²) < 4.78 is 0. The highest BCUT2D eigenvalue weighted by atomic mass is 79.9. The molecule has 0 heterocycles. The molecule has 0 fully saturated rings. The van der Waals surface area contributed by atoms with Gasteiger partial charge in [-0.15, -0.1) is 0 Å². The second-order valence-electron chi connectivity index (χ2n) is 1.57. The zero-order valence-corrected chi connectivity index (χ0v) is 6.57. The van der Waals surface area contributed by atoms with Gasteiger partial charge in [-0.1, -0.05) is 22.9 Å². The molecule has 0 aliphatic rings. The van der Waals surface area contributed by atoms with E-state index in [9.17, 15) is 0 Å². The van der Waals surface area contributed by atoms with Crippen LogP contribution in [-0.2, 0) is 0 Å². The van der Waals surface area contributed by atoms with E-state index in [0.717, 1.165) is 0 Å². The van der Waals surface area contributed by atoms with E-state index in [0.29, 0.717) is 0 Å². The Kier molecular flexibility index (Phi) is 3.84. The van der Waals surface area contributed by atoms with Crippen molar-refractivity contribution >= 4 is 15.9 Å². The number of rotatable bonds is 2. The molecule has 0 amide bonds. The Labute approximate surface area is 58.0 Å². The first-order chi connectivity index (χ1) is 3.72. The van der Waals surface area contributed by atoms with Crippen LogP contribution < -0.4 is 5.32 Å². The number of nitrogens with zero attached hydrogens (tertiary/aromatic N) is 1. The summed E-state index contributed by atoms with van der Waals surface area (Å²) in [7, 11) is 1.77. The van der Waals surface area contributed by atoms with Gasteiger partial charge in [0.1, 0.15) is 6.04 Å². The minimum Gasteiger partial charge on any atom is -0.304 e. The minimum absolute atomic E-state index is 0.0741. The molecule has 8 heavy (non-hydrogen) atoms. The SMILES string of the molecule is CNC(C#N)[C@@H](C)Br. The molecule has 0 aliphatic heterocycles. The van der Waals surface area contributed by atoms with Crippen LogP contribution in [0.3, 0.4) is 0 Å². The number of nitriles is 1. The Bertz CT molecular complexity index is 95.1. The van der Waals surface area contributed by atoms with E-state index in [1.165, 1.54) is 0 Å². The Morgan fingerprint density at radius 1 is 1.75 bits per heavy atom. The van der Waals surface area contributed by atoms with Crippen LogP contribution >= 0.6 is 15.9 Å². The summed E-state index contributed by atoms with van der Waals surface area (Å²) in [6.07, 6.45) is 0. The molecule has 2 atom stereocenters. The van der Waals surface area contributed by atoms with E-state index in [1.54, 1.807) is 7.05 Å².